The number of para-hydroxylation sites is 2. The molecule has 1 aromatic heterocycles. The van der Waals surface area contributed by atoms with E-state index in [4.69, 9.17) is 5.73 Å². The van der Waals surface area contributed by atoms with Crippen LogP contribution in [0.1, 0.15) is 25.8 Å². The molecular formula is C16H22N4O2. The minimum Gasteiger partial charge on any atom is -0.342 e. The van der Waals surface area contributed by atoms with E-state index in [2.05, 4.69) is 4.98 Å². The van der Waals surface area contributed by atoms with Crippen LogP contribution in [0.5, 0.6) is 0 Å². The number of rotatable bonds is 3. The third-order valence-corrected chi connectivity index (χ3v) is 4.54. The van der Waals surface area contributed by atoms with Gasteiger partial charge in [-0.05, 0) is 25.0 Å². The number of carbonyl (C=O) groups excluding carboxylic acids is 1. The van der Waals surface area contributed by atoms with Crippen LogP contribution in [0.2, 0.25) is 0 Å². The molecule has 0 bridgehead atoms. The quantitative estimate of drug-likeness (QED) is 0.890. The molecule has 1 aromatic carbocycles. The van der Waals surface area contributed by atoms with Gasteiger partial charge in [-0.15, -0.1) is 0 Å². The van der Waals surface area contributed by atoms with Gasteiger partial charge < -0.3 is 15.6 Å². The van der Waals surface area contributed by atoms with E-state index in [0.717, 1.165) is 23.9 Å². The Kier molecular flexibility index (Phi) is 4.02. The molecule has 0 radical (unpaired) electrons. The number of likely N-dealkylation sites (tertiary alicyclic amines) is 1. The second kappa shape index (κ2) is 5.96. The third kappa shape index (κ3) is 2.54. The van der Waals surface area contributed by atoms with Crippen molar-refractivity contribution in [2.24, 2.45) is 11.7 Å². The van der Waals surface area contributed by atoms with Crippen molar-refractivity contribution in [3.8, 4) is 0 Å². The van der Waals surface area contributed by atoms with Crippen molar-refractivity contribution in [2.75, 3.05) is 19.6 Å². The Balaban J connectivity index is 1.77. The molecule has 0 saturated carbocycles. The van der Waals surface area contributed by atoms with E-state index < -0.39 is 0 Å². The van der Waals surface area contributed by atoms with Gasteiger partial charge in [0, 0.05) is 31.6 Å². The molecule has 1 saturated heterocycles. The van der Waals surface area contributed by atoms with Crippen LogP contribution in [0, 0.1) is 5.92 Å². The normalized spacial score (nSPS) is 17.8. The largest absolute Gasteiger partial charge is 0.342 e. The Morgan fingerprint density at radius 3 is 2.73 bits per heavy atom. The van der Waals surface area contributed by atoms with Crippen LogP contribution in [0.4, 0.5) is 0 Å². The van der Waals surface area contributed by atoms with Crippen molar-refractivity contribution in [3.63, 3.8) is 0 Å². The fourth-order valence-corrected chi connectivity index (χ4v) is 3.19. The Labute approximate surface area is 128 Å². The Hall–Kier alpha value is -2.08. The molecule has 3 rings (SSSR count). The topological polar surface area (TPSA) is 84.1 Å². The molecule has 1 aliphatic heterocycles. The van der Waals surface area contributed by atoms with Gasteiger partial charge in [-0.3, -0.25) is 9.36 Å². The van der Waals surface area contributed by atoms with Gasteiger partial charge in [-0.25, -0.2) is 4.79 Å². The molecule has 1 fully saturated rings. The summed E-state index contributed by atoms with van der Waals surface area (Å²) in [5, 5.41) is 0. The first kappa shape index (κ1) is 14.8. The minimum atomic E-state index is -0.132. The summed E-state index contributed by atoms with van der Waals surface area (Å²) in [6.07, 6.45) is 1.59. The van der Waals surface area contributed by atoms with Gasteiger partial charge in [0.25, 0.3) is 0 Å². The molecular weight excluding hydrogens is 280 g/mol. The number of hydrogen-bond acceptors (Lipinski definition) is 3. The number of hydrogen-bond donors (Lipinski definition) is 2. The standard InChI is InChI=1S/C16H22N4O2/c1-11(10-17)15(21)19-8-6-12(7-9-19)20-14-5-3-2-4-13(14)18-16(20)22/h2-5,11-12H,6-10,17H2,1H3,(H,18,22). The molecule has 22 heavy (non-hydrogen) atoms. The summed E-state index contributed by atoms with van der Waals surface area (Å²) in [6.45, 7) is 3.60. The van der Waals surface area contributed by atoms with Crippen molar-refractivity contribution in [1.82, 2.24) is 14.5 Å². The summed E-state index contributed by atoms with van der Waals surface area (Å²) < 4.78 is 1.84. The lowest BCUT2D eigenvalue weighted by molar-refractivity contribution is -0.135. The molecule has 0 aliphatic carbocycles. The van der Waals surface area contributed by atoms with Crippen LogP contribution >= 0.6 is 0 Å². The maximum Gasteiger partial charge on any atom is 0.326 e. The number of carbonyl (C=O) groups is 1. The summed E-state index contributed by atoms with van der Waals surface area (Å²) >= 11 is 0. The van der Waals surface area contributed by atoms with Crippen LogP contribution in [0.3, 0.4) is 0 Å². The first-order valence-corrected chi connectivity index (χ1v) is 7.80. The van der Waals surface area contributed by atoms with Crippen LogP contribution in [0.25, 0.3) is 11.0 Å². The van der Waals surface area contributed by atoms with Gasteiger partial charge in [-0.2, -0.15) is 0 Å². The second-order valence-electron chi connectivity index (χ2n) is 6.01. The van der Waals surface area contributed by atoms with Crippen molar-refractivity contribution >= 4 is 16.9 Å². The van der Waals surface area contributed by atoms with Crippen molar-refractivity contribution in [2.45, 2.75) is 25.8 Å². The minimum absolute atomic E-state index is 0.0682. The van der Waals surface area contributed by atoms with Crippen LogP contribution in [-0.4, -0.2) is 40.0 Å². The van der Waals surface area contributed by atoms with Gasteiger partial charge >= 0.3 is 5.69 Å². The Morgan fingerprint density at radius 1 is 1.36 bits per heavy atom. The third-order valence-electron chi connectivity index (χ3n) is 4.54. The maximum atomic E-state index is 12.2. The molecule has 1 unspecified atom stereocenters. The van der Waals surface area contributed by atoms with Crippen molar-refractivity contribution in [3.05, 3.63) is 34.7 Å². The van der Waals surface area contributed by atoms with E-state index >= 15 is 0 Å². The summed E-state index contributed by atoms with van der Waals surface area (Å²) in [7, 11) is 0. The molecule has 2 heterocycles. The monoisotopic (exact) mass is 302 g/mol. The van der Waals surface area contributed by atoms with Gasteiger partial charge in [0.2, 0.25) is 5.91 Å². The number of aromatic amines is 1. The molecule has 6 heteroatoms. The number of piperidine rings is 1. The fourth-order valence-electron chi connectivity index (χ4n) is 3.19. The van der Waals surface area contributed by atoms with E-state index in [1.807, 2.05) is 40.7 Å². The number of nitrogens with zero attached hydrogens (tertiary/aromatic N) is 2. The van der Waals surface area contributed by atoms with Gasteiger partial charge in [-0.1, -0.05) is 19.1 Å². The SMILES string of the molecule is CC(CN)C(=O)N1CCC(n2c(=O)[nH]c3ccccc32)CC1. The van der Waals surface area contributed by atoms with Crippen LogP contribution in [-0.2, 0) is 4.79 Å². The predicted octanol–water partition coefficient (Wildman–Crippen LogP) is 1.09. The van der Waals surface area contributed by atoms with E-state index in [1.54, 1.807) is 0 Å². The lowest BCUT2D eigenvalue weighted by Gasteiger charge is -2.33. The molecule has 3 N–H and O–H groups in total. The number of H-pyrrole nitrogens is 1. The highest BCUT2D eigenvalue weighted by Gasteiger charge is 2.27. The molecule has 6 nitrogen and oxygen atoms in total. The zero-order valence-corrected chi connectivity index (χ0v) is 12.8. The van der Waals surface area contributed by atoms with Crippen molar-refractivity contribution < 1.29 is 4.79 Å². The number of nitrogens with one attached hydrogen (secondary N) is 1. The Morgan fingerprint density at radius 2 is 2.05 bits per heavy atom. The molecule has 118 valence electrons. The van der Waals surface area contributed by atoms with E-state index in [9.17, 15) is 9.59 Å². The summed E-state index contributed by atoms with van der Waals surface area (Å²) in [5.74, 6) is -0.0143. The first-order chi connectivity index (χ1) is 10.6. The smallest absolute Gasteiger partial charge is 0.326 e. The number of benzene rings is 1. The highest BCUT2D eigenvalue weighted by Crippen LogP contribution is 2.25. The number of aromatic nitrogens is 2. The lowest BCUT2D eigenvalue weighted by Crippen LogP contribution is -2.44. The first-order valence-electron chi connectivity index (χ1n) is 7.80. The molecule has 1 aliphatic rings. The molecule has 1 amide bonds. The highest BCUT2D eigenvalue weighted by molar-refractivity contribution is 5.79. The summed E-state index contributed by atoms with van der Waals surface area (Å²) in [4.78, 5) is 29.2. The van der Waals surface area contributed by atoms with E-state index in [1.165, 1.54) is 0 Å². The zero-order chi connectivity index (χ0) is 15.7. The Bertz CT molecular complexity index is 725. The van der Waals surface area contributed by atoms with Crippen LogP contribution in [0.15, 0.2) is 29.1 Å². The number of imidazole rings is 1. The van der Waals surface area contributed by atoms with Gasteiger partial charge in [0.05, 0.1) is 11.0 Å². The molecule has 2 aromatic rings. The van der Waals surface area contributed by atoms with Crippen molar-refractivity contribution in [1.29, 1.82) is 0 Å². The molecule has 1 atom stereocenters. The average molecular weight is 302 g/mol. The summed E-state index contributed by atoms with van der Waals surface area (Å²) in [6, 6.07) is 7.86. The highest BCUT2D eigenvalue weighted by atomic mass is 16.2. The number of fused-ring (bicyclic) bond motifs is 1. The second-order valence-corrected chi connectivity index (χ2v) is 6.01. The predicted molar refractivity (Wildman–Crippen MR) is 85.6 cm³/mol. The van der Waals surface area contributed by atoms with E-state index in [-0.39, 0.29) is 23.6 Å². The zero-order valence-electron chi connectivity index (χ0n) is 12.8. The lowest BCUT2D eigenvalue weighted by atomic mass is 10.0. The van der Waals surface area contributed by atoms with Gasteiger partial charge in [0.1, 0.15) is 0 Å². The number of nitrogens with two attached hydrogens (primary N) is 1. The molecule has 0 spiro atoms. The fraction of sp³-hybridized carbons (Fsp3) is 0.500. The van der Waals surface area contributed by atoms with Gasteiger partial charge in [0.15, 0.2) is 0 Å². The summed E-state index contributed by atoms with van der Waals surface area (Å²) in [5.41, 5.74) is 7.30. The average Bonchev–Trinajstić information content (AvgIpc) is 2.89. The maximum absolute atomic E-state index is 12.2. The number of amides is 1. The van der Waals surface area contributed by atoms with E-state index in [0.29, 0.717) is 19.6 Å². The van der Waals surface area contributed by atoms with Crippen LogP contribution < -0.4 is 11.4 Å².